The van der Waals surface area contributed by atoms with Gasteiger partial charge in [-0.15, -0.1) is 35.3 Å². The number of aliphatic imine (C=N–C) groups is 1. The molecule has 0 saturated carbocycles. The first-order valence-electron chi connectivity index (χ1n) is 8.41. The minimum absolute atomic E-state index is 0. The molecule has 0 unspecified atom stereocenters. The number of hydrogen-bond acceptors (Lipinski definition) is 5. The van der Waals surface area contributed by atoms with Crippen molar-refractivity contribution in [2.45, 2.75) is 26.8 Å². The van der Waals surface area contributed by atoms with Gasteiger partial charge in [-0.25, -0.2) is 9.98 Å². The first kappa shape index (κ1) is 24.0. The number of aryl methyl sites for hydroxylation is 1. The number of guanidine groups is 1. The average Bonchev–Trinajstić information content (AvgIpc) is 3.05. The van der Waals surface area contributed by atoms with E-state index in [-0.39, 0.29) is 24.0 Å². The monoisotopic (exact) mass is 568 g/mol. The van der Waals surface area contributed by atoms with E-state index in [0.29, 0.717) is 18.0 Å². The van der Waals surface area contributed by atoms with E-state index >= 15 is 0 Å². The summed E-state index contributed by atoms with van der Waals surface area (Å²) in [5, 5.41) is 9.81. The Balaban J connectivity index is 0.00000364. The quantitative estimate of drug-likeness (QED) is 0.284. The van der Waals surface area contributed by atoms with E-state index in [4.69, 9.17) is 9.47 Å². The SMILES string of the molecule is CCNC(=NCc1cc(OC)c(OC)cc1Br)NCCc1csc(C)n1.I. The predicted molar refractivity (Wildman–Crippen MR) is 126 cm³/mol. The summed E-state index contributed by atoms with van der Waals surface area (Å²) in [7, 11) is 3.25. The second-order valence-electron chi connectivity index (χ2n) is 5.53. The van der Waals surface area contributed by atoms with Crippen molar-refractivity contribution in [3.05, 3.63) is 38.3 Å². The number of aromatic nitrogens is 1. The highest BCUT2D eigenvalue weighted by Gasteiger charge is 2.09. The van der Waals surface area contributed by atoms with Crippen LogP contribution in [-0.4, -0.2) is 38.3 Å². The second-order valence-corrected chi connectivity index (χ2v) is 7.44. The minimum atomic E-state index is 0. The standard InChI is InChI=1S/C18H25BrN4O2S.HI/c1-5-20-18(21-7-6-14-11-26-12(2)23-14)22-10-13-8-16(24-3)17(25-4)9-15(13)19;/h8-9,11H,5-7,10H2,1-4H3,(H2,20,21,22);1H. The number of rotatable bonds is 8. The van der Waals surface area contributed by atoms with Crippen LogP contribution in [0, 0.1) is 6.92 Å². The van der Waals surface area contributed by atoms with Crippen molar-refractivity contribution in [2.24, 2.45) is 4.99 Å². The fraction of sp³-hybridized carbons (Fsp3) is 0.444. The summed E-state index contributed by atoms with van der Waals surface area (Å²) in [5.74, 6) is 2.16. The summed E-state index contributed by atoms with van der Waals surface area (Å²) in [6.45, 7) is 6.17. The number of nitrogens with zero attached hydrogens (tertiary/aromatic N) is 2. The highest BCUT2D eigenvalue weighted by molar-refractivity contribution is 14.0. The molecular weight excluding hydrogens is 543 g/mol. The Morgan fingerprint density at radius 3 is 2.52 bits per heavy atom. The van der Waals surface area contributed by atoms with Gasteiger partial charge in [0.15, 0.2) is 17.5 Å². The maximum absolute atomic E-state index is 5.37. The third kappa shape index (κ3) is 7.46. The minimum Gasteiger partial charge on any atom is -0.493 e. The van der Waals surface area contributed by atoms with Crippen molar-refractivity contribution in [2.75, 3.05) is 27.3 Å². The number of methoxy groups -OCH3 is 2. The van der Waals surface area contributed by atoms with Crippen LogP contribution in [0.2, 0.25) is 0 Å². The molecule has 150 valence electrons. The molecule has 2 aromatic rings. The summed E-state index contributed by atoms with van der Waals surface area (Å²) in [6.07, 6.45) is 0.870. The summed E-state index contributed by atoms with van der Waals surface area (Å²) < 4.78 is 11.6. The van der Waals surface area contributed by atoms with Gasteiger partial charge in [-0.05, 0) is 31.5 Å². The first-order valence-corrected chi connectivity index (χ1v) is 10.1. The van der Waals surface area contributed by atoms with Crippen LogP contribution < -0.4 is 20.1 Å². The van der Waals surface area contributed by atoms with Crippen LogP contribution in [0.4, 0.5) is 0 Å². The van der Waals surface area contributed by atoms with E-state index < -0.39 is 0 Å². The van der Waals surface area contributed by atoms with Crippen LogP contribution in [-0.2, 0) is 13.0 Å². The molecule has 0 aliphatic carbocycles. The Kier molecular flexibility index (Phi) is 11.0. The number of ether oxygens (including phenoxy) is 2. The van der Waals surface area contributed by atoms with Gasteiger partial charge in [0, 0.05) is 29.4 Å². The zero-order valence-corrected chi connectivity index (χ0v) is 20.7. The van der Waals surface area contributed by atoms with Crippen LogP contribution in [0.15, 0.2) is 27.0 Å². The van der Waals surface area contributed by atoms with Crippen LogP contribution in [0.3, 0.4) is 0 Å². The molecule has 0 spiro atoms. The average molecular weight is 569 g/mol. The van der Waals surface area contributed by atoms with Gasteiger partial charge < -0.3 is 20.1 Å². The van der Waals surface area contributed by atoms with Crippen molar-refractivity contribution in [1.29, 1.82) is 0 Å². The Morgan fingerprint density at radius 1 is 1.22 bits per heavy atom. The lowest BCUT2D eigenvalue weighted by atomic mass is 10.2. The second kappa shape index (κ2) is 12.4. The lowest BCUT2D eigenvalue weighted by molar-refractivity contribution is 0.354. The van der Waals surface area contributed by atoms with E-state index in [1.807, 2.05) is 26.0 Å². The highest BCUT2D eigenvalue weighted by atomic mass is 127. The van der Waals surface area contributed by atoms with Crippen LogP contribution >= 0.6 is 51.2 Å². The molecule has 0 fully saturated rings. The number of halogens is 2. The van der Waals surface area contributed by atoms with Crippen molar-refractivity contribution in [1.82, 2.24) is 15.6 Å². The van der Waals surface area contributed by atoms with Crippen molar-refractivity contribution >= 4 is 57.2 Å². The first-order chi connectivity index (χ1) is 12.6. The Hall–Kier alpha value is -1.07. The van der Waals surface area contributed by atoms with Gasteiger partial charge in [0.1, 0.15) is 0 Å². The Labute approximate surface area is 190 Å². The third-order valence-corrected chi connectivity index (χ3v) is 5.21. The summed E-state index contributed by atoms with van der Waals surface area (Å²) in [4.78, 5) is 9.14. The van der Waals surface area contributed by atoms with Crippen LogP contribution in [0.1, 0.15) is 23.2 Å². The van der Waals surface area contributed by atoms with Gasteiger partial charge in [0.2, 0.25) is 0 Å². The molecule has 0 saturated heterocycles. The fourth-order valence-corrected chi connectivity index (χ4v) is 3.45. The summed E-state index contributed by atoms with van der Waals surface area (Å²) >= 11 is 5.25. The lowest BCUT2D eigenvalue weighted by Gasteiger charge is -2.13. The third-order valence-electron chi connectivity index (χ3n) is 3.64. The van der Waals surface area contributed by atoms with Gasteiger partial charge in [0.25, 0.3) is 0 Å². The number of hydrogen-bond donors (Lipinski definition) is 2. The van der Waals surface area contributed by atoms with Gasteiger partial charge in [-0.1, -0.05) is 15.9 Å². The fourth-order valence-electron chi connectivity index (χ4n) is 2.36. The van der Waals surface area contributed by atoms with E-state index in [0.717, 1.165) is 46.2 Å². The van der Waals surface area contributed by atoms with Gasteiger partial charge >= 0.3 is 0 Å². The van der Waals surface area contributed by atoms with Crippen molar-refractivity contribution in [3.8, 4) is 11.5 Å². The molecule has 27 heavy (non-hydrogen) atoms. The van der Waals surface area contributed by atoms with Gasteiger partial charge in [-0.2, -0.15) is 0 Å². The zero-order chi connectivity index (χ0) is 18.9. The number of thiazole rings is 1. The zero-order valence-electron chi connectivity index (χ0n) is 16.0. The molecule has 1 aromatic carbocycles. The molecule has 1 aromatic heterocycles. The predicted octanol–water partition coefficient (Wildman–Crippen LogP) is 4.15. The molecule has 9 heteroatoms. The van der Waals surface area contributed by atoms with E-state index in [9.17, 15) is 0 Å². The molecule has 2 rings (SSSR count). The van der Waals surface area contributed by atoms with Gasteiger partial charge in [-0.3, -0.25) is 0 Å². The van der Waals surface area contributed by atoms with Crippen LogP contribution in [0.5, 0.6) is 11.5 Å². The smallest absolute Gasteiger partial charge is 0.191 e. The topological polar surface area (TPSA) is 67.8 Å². The van der Waals surface area contributed by atoms with Gasteiger partial charge in [0.05, 0.1) is 31.5 Å². The molecule has 0 amide bonds. The molecule has 1 heterocycles. The number of benzene rings is 1. The molecule has 6 nitrogen and oxygen atoms in total. The number of nitrogens with one attached hydrogen (secondary N) is 2. The van der Waals surface area contributed by atoms with Crippen LogP contribution in [0.25, 0.3) is 0 Å². The normalized spacial score (nSPS) is 10.9. The molecule has 0 radical (unpaired) electrons. The molecule has 0 atom stereocenters. The lowest BCUT2D eigenvalue weighted by Crippen LogP contribution is -2.38. The highest BCUT2D eigenvalue weighted by Crippen LogP contribution is 2.33. The largest absolute Gasteiger partial charge is 0.493 e. The maximum Gasteiger partial charge on any atom is 0.191 e. The van der Waals surface area contributed by atoms with E-state index in [1.165, 1.54) is 0 Å². The molecule has 0 bridgehead atoms. The van der Waals surface area contributed by atoms with Crippen molar-refractivity contribution < 1.29 is 9.47 Å². The molecule has 2 N–H and O–H groups in total. The van der Waals surface area contributed by atoms with E-state index in [1.54, 1.807) is 25.6 Å². The maximum atomic E-state index is 5.37. The molecule has 0 aliphatic heterocycles. The summed E-state index contributed by atoms with van der Waals surface area (Å²) in [6, 6.07) is 3.84. The molecular formula is C18H26BrIN4O2S. The summed E-state index contributed by atoms with van der Waals surface area (Å²) in [5.41, 5.74) is 2.13. The molecule has 0 aliphatic rings. The Morgan fingerprint density at radius 2 is 1.93 bits per heavy atom. The van der Waals surface area contributed by atoms with E-state index in [2.05, 4.69) is 41.9 Å². The Bertz CT molecular complexity index is 755. The van der Waals surface area contributed by atoms with Crippen molar-refractivity contribution in [3.63, 3.8) is 0 Å².